The van der Waals surface area contributed by atoms with Gasteiger partial charge in [0.25, 0.3) is 0 Å². The maximum absolute atomic E-state index is 6.08. The van der Waals surface area contributed by atoms with Crippen molar-refractivity contribution in [2.24, 2.45) is 4.99 Å². The number of nitrogens with zero attached hydrogens (tertiary/aromatic N) is 3. The molecule has 1 unspecified atom stereocenters. The Kier molecular flexibility index (Phi) is 4.55. The first-order valence-electron chi connectivity index (χ1n) is 8.35. The summed E-state index contributed by atoms with van der Waals surface area (Å²) in [5, 5.41) is 6.19. The minimum atomic E-state index is 0.256. The van der Waals surface area contributed by atoms with E-state index in [1.807, 2.05) is 30.3 Å². The molecule has 126 valence electrons. The summed E-state index contributed by atoms with van der Waals surface area (Å²) in [6, 6.07) is 10.5. The normalized spacial score (nSPS) is 21.5. The molecule has 0 amide bonds. The van der Waals surface area contributed by atoms with E-state index >= 15 is 0 Å². The Balaban J connectivity index is 1.59. The third kappa shape index (κ3) is 3.33. The van der Waals surface area contributed by atoms with Crippen LogP contribution in [0, 0.1) is 0 Å². The number of amidine groups is 1. The molecule has 1 saturated carbocycles. The highest BCUT2D eigenvalue weighted by atomic mass is 35.5. The fraction of sp³-hybridized carbons (Fsp3) is 0.444. The van der Waals surface area contributed by atoms with E-state index in [0.29, 0.717) is 11.1 Å². The van der Waals surface area contributed by atoms with Gasteiger partial charge in [0.05, 0.1) is 12.1 Å². The standard InChI is InChI=1S/C18H20ClN3OS/c1-24-18(20-14-7-8-14)22-9-3-6-16(22)15-11-17(23-21-15)12-4-2-5-13(19)10-12/h2,4-5,10-11,14,16H,3,6-9H2,1H3. The highest BCUT2D eigenvalue weighted by Crippen LogP contribution is 2.36. The van der Waals surface area contributed by atoms with Crippen molar-refractivity contribution in [2.45, 2.75) is 37.8 Å². The van der Waals surface area contributed by atoms with Crippen LogP contribution in [0.3, 0.4) is 0 Å². The number of aliphatic imine (C=N–C) groups is 1. The van der Waals surface area contributed by atoms with Gasteiger partial charge in [-0.3, -0.25) is 4.99 Å². The molecule has 1 aromatic heterocycles. The average molecular weight is 362 g/mol. The molecule has 0 bridgehead atoms. The van der Waals surface area contributed by atoms with Crippen LogP contribution in [-0.2, 0) is 0 Å². The molecule has 2 aliphatic rings. The molecule has 0 N–H and O–H groups in total. The molecule has 2 fully saturated rings. The van der Waals surface area contributed by atoms with E-state index in [-0.39, 0.29) is 6.04 Å². The smallest absolute Gasteiger partial charge is 0.167 e. The van der Waals surface area contributed by atoms with E-state index in [1.54, 1.807) is 11.8 Å². The Hall–Kier alpha value is -1.46. The van der Waals surface area contributed by atoms with Crippen molar-refractivity contribution in [3.05, 3.63) is 41.0 Å². The van der Waals surface area contributed by atoms with Gasteiger partial charge in [-0.2, -0.15) is 0 Å². The number of hydrogen-bond donors (Lipinski definition) is 0. The maximum atomic E-state index is 6.08. The minimum Gasteiger partial charge on any atom is -0.356 e. The van der Waals surface area contributed by atoms with E-state index in [4.69, 9.17) is 21.1 Å². The molecule has 6 heteroatoms. The van der Waals surface area contributed by atoms with Gasteiger partial charge in [-0.1, -0.05) is 40.7 Å². The lowest BCUT2D eigenvalue weighted by molar-refractivity contribution is 0.361. The van der Waals surface area contributed by atoms with Crippen LogP contribution in [0.15, 0.2) is 39.8 Å². The molecule has 1 atom stereocenters. The zero-order valence-electron chi connectivity index (χ0n) is 13.6. The molecule has 24 heavy (non-hydrogen) atoms. The first-order valence-corrected chi connectivity index (χ1v) is 9.96. The van der Waals surface area contributed by atoms with E-state index < -0.39 is 0 Å². The number of hydrogen-bond acceptors (Lipinski definition) is 4. The molecule has 0 spiro atoms. The quantitative estimate of drug-likeness (QED) is 0.569. The van der Waals surface area contributed by atoms with Crippen LogP contribution < -0.4 is 0 Å². The Labute approximate surface area is 151 Å². The van der Waals surface area contributed by atoms with Crippen molar-refractivity contribution in [2.75, 3.05) is 12.8 Å². The van der Waals surface area contributed by atoms with Gasteiger partial charge in [-0.05, 0) is 44.1 Å². The van der Waals surface area contributed by atoms with Gasteiger partial charge in [-0.25, -0.2) is 0 Å². The molecule has 4 nitrogen and oxygen atoms in total. The van der Waals surface area contributed by atoms with Crippen LogP contribution in [0.2, 0.25) is 5.02 Å². The lowest BCUT2D eigenvalue weighted by Gasteiger charge is -2.25. The van der Waals surface area contributed by atoms with E-state index in [2.05, 4.69) is 16.3 Å². The molecule has 1 saturated heterocycles. The van der Waals surface area contributed by atoms with E-state index in [0.717, 1.165) is 41.6 Å². The van der Waals surface area contributed by atoms with Crippen LogP contribution in [0.4, 0.5) is 0 Å². The monoisotopic (exact) mass is 361 g/mol. The number of aromatic nitrogens is 1. The number of halogens is 1. The highest BCUT2D eigenvalue weighted by molar-refractivity contribution is 8.13. The van der Waals surface area contributed by atoms with Gasteiger partial charge < -0.3 is 9.42 Å². The summed E-state index contributed by atoms with van der Waals surface area (Å²) in [4.78, 5) is 7.26. The second-order valence-electron chi connectivity index (χ2n) is 6.32. The maximum Gasteiger partial charge on any atom is 0.167 e. The second-order valence-corrected chi connectivity index (χ2v) is 7.53. The minimum absolute atomic E-state index is 0.256. The van der Waals surface area contributed by atoms with Gasteiger partial charge in [0.2, 0.25) is 0 Å². The fourth-order valence-corrected chi connectivity index (χ4v) is 4.03. The SMILES string of the molecule is CSC(=NC1CC1)N1CCCC1c1cc(-c2cccc(Cl)c2)on1. The Morgan fingerprint density at radius 3 is 2.96 bits per heavy atom. The summed E-state index contributed by atoms with van der Waals surface area (Å²) in [6.07, 6.45) is 6.81. The predicted octanol–water partition coefficient (Wildman–Crippen LogP) is 5.01. The Bertz CT molecular complexity index is 756. The molecule has 1 aromatic carbocycles. The van der Waals surface area contributed by atoms with Crippen molar-refractivity contribution in [3.8, 4) is 11.3 Å². The van der Waals surface area contributed by atoms with Crippen LogP contribution in [0.25, 0.3) is 11.3 Å². The van der Waals surface area contributed by atoms with Gasteiger partial charge in [0, 0.05) is 23.2 Å². The number of benzene rings is 1. The molecular formula is C18H20ClN3OS. The number of thioether (sulfide) groups is 1. The van der Waals surface area contributed by atoms with Crippen molar-refractivity contribution >= 4 is 28.5 Å². The topological polar surface area (TPSA) is 41.6 Å². The summed E-state index contributed by atoms with van der Waals surface area (Å²) in [5.41, 5.74) is 1.95. The lowest BCUT2D eigenvalue weighted by atomic mass is 10.1. The van der Waals surface area contributed by atoms with Gasteiger partial charge in [0.1, 0.15) is 5.69 Å². The average Bonchev–Trinajstić information content (AvgIpc) is 3.09. The van der Waals surface area contributed by atoms with Gasteiger partial charge in [-0.15, -0.1) is 0 Å². The molecule has 2 heterocycles. The van der Waals surface area contributed by atoms with Crippen LogP contribution in [-0.4, -0.2) is 34.1 Å². The van der Waals surface area contributed by atoms with E-state index in [9.17, 15) is 0 Å². The summed E-state index contributed by atoms with van der Waals surface area (Å²) in [7, 11) is 0. The van der Waals surface area contributed by atoms with Crippen molar-refractivity contribution in [1.29, 1.82) is 0 Å². The van der Waals surface area contributed by atoms with E-state index in [1.165, 1.54) is 12.8 Å². The summed E-state index contributed by atoms with van der Waals surface area (Å²) in [5.74, 6) is 0.768. The Morgan fingerprint density at radius 2 is 2.21 bits per heavy atom. The zero-order chi connectivity index (χ0) is 16.5. The highest BCUT2D eigenvalue weighted by Gasteiger charge is 2.32. The molecule has 4 rings (SSSR count). The van der Waals surface area contributed by atoms with Gasteiger partial charge in [0.15, 0.2) is 10.9 Å². The summed E-state index contributed by atoms with van der Waals surface area (Å²) >= 11 is 7.82. The second kappa shape index (κ2) is 6.81. The Morgan fingerprint density at radius 1 is 1.33 bits per heavy atom. The molecule has 2 aromatic rings. The van der Waals surface area contributed by atoms with Crippen molar-refractivity contribution < 1.29 is 4.52 Å². The summed E-state index contributed by atoms with van der Waals surface area (Å²) < 4.78 is 5.59. The predicted molar refractivity (Wildman–Crippen MR) is 99.6 cm³/mol. The fourth-order valence-electron chi connectivity index (χ4n) is 3.13. The van der Waals surface area contributed by atoms with Crippen molar-refractivity contribution in [3.63, 3.8) is 0 Å². The molecular weight excluding hydrogens is 342 g/mol. The largest absolute Gasteiger partial charge is 0.356 e. The molecule has 1 aliphatic carbocycles. The first-order chi connectivity index (χ1) is 11.7. The van der Waals surface area contributed by atoms with Crippen LogP contribution >= 0.6 is 23.4 Å². The lowest BCUT2D eigenvalue weighted by Crippen LogP contribution is -2.28. The zero-order valence-corrected chi connectivity index (χ0v) is 15.2. The first kappa shape index (κ1) is 16.0. The number of likely N-dealkylation sites (tertiary alicyclic amines) is 1. The molecule has 0 radical (unpaired) electrons. The van der Waals surface area contributed by atoms with Crippen LogP contribution in [0.1, 0.15) is 37.4 Å². The third-order valence-corrected chi connectivity index (χ3v) is 5.44. The number of rotatable bonds is 3. The molecule has 1 aliphatic heterocycles. The van der Waals surface area contributed by atoms with Crippen molar-refractivity contribution in [1.82, 2.24) is 10.1 Å². The van der Waals surface area contributed by atoms with Gasteiger partial charge >= 0.3 is 0 Å². The summed E-state index contributed by atoms with van der Waals surface area (Å²) in [6.45, 7) is 1.04. The third-order valence-electron chi connectivity index (χ3n) is 4.50. The van der Waals surface area contributed by atoms with Crippen LogP contribution in [0.5, 0.6) is 0 Å².